The third kappa shape index (κ3) is 5.71. The van der Waals surface area contributed by atoms with Gasteiger partial charge in [-0.3, -0.25) is 9.48 Å². The molecule has 1 amide bonds. The summed E-state index contributed by atoms with van der Waals surface area (Å²) in [6, 6.07) is 0. The van der Waals surface area contributed by atoms with Crippen molar-refractivity contribution in [3.05, 3.63) is 12.4 Å². The molecule has 0 saturated heterocycles. The largest absolute Gasteiger partial charge is 0.330 e. The van der Waals surface area contributed by atoms with E-state index in [2.05, 4.69) is 29.2 Å². The number of carbonyl (C=O) groups excluding carboxylic acids is 1. The Morgan fingerprint density at radius 3 is 2.80 bits per heavy atom. The molecule has 0 fully saturated rings. The first kappa shape index (κ1) is 16.7. The van der Waals surface area contributed by atoms with Crippen LogP contribution in [0.5, 0.6) is 0 Å². The highest BCUT2D eigenvalue weighted by molar-refractivity contribution is 5.90. The summed E-state index contributed by atoms with van der Waals surface area (Å²) in [7, 11) is 0. The van der Waals surface area contributed by atoms with Crippen LogP contribution in [0.15, 0.2) is 12.4 Å². The first-order chi connectivity index (χ1) is 9.58. The summed E-state index contributed by atoms with van der Waals surface area (Å²) in [4.78, 5) is 14.1. The molecule has 6 heteroatoms. The standard InChI is InChI=1S/C14H27N5O/c1-4-18(5-2)6-7-19-11-13(10-16-19)17-14(20)8-12(3)9-15/h10-12H,4-9,15H2,1-3H3,(H,17,20). The van der Waals surface area contributed by atoms with Crippen molar-refractivity contribution in [2.45, 2.75) is 33.7 Å². The maximum atomic E-state index is 11.7. The van der Waals surface area contributed by atoms with Gasteiger partial charge in [0.15, 0.2) is 0 Å². The van der Waals surface area contributed by atoms with Gasteiger partial charge in [0.05, 0.1) is 18.4 Å². The van der Waals surface area contributed by atoms with Gasteiger partial charge in [0.2, 0.25) is 5.91 Å². The Balaban J connectivity index is 2.41. The van der Waals surface area contributed by atoms with Crippen LogP contribution in [-0.2, 0) is 11.3 Å². The molecule has 1 heterocycles. The minimum atomic E-state index is -0.00811. The van der Waals surface area contributed by atoms with E-state index in [1.54, 1.807) is 6.20 Å². The first-order valence-corrected chi connectivity index (χ1v) is 7.33. The van der Waals surface area contributed by atoms with E-state index in [0.29, 0.717) is 13.0 Å². The average molecular weight is 281 g/mol. The fourth-order valence-electron chi connectivity index (χ4n) is 1.95. The number of likely N-dealkylation sites (N-methyl/N-ethyl adjacent to an activating group) is 1. The molecule has 20 heavy (non-hydrogen) atoms. The summed E-state index contributed by atoms with van der Waals surface area (Å²) in [5.41, 5.74) is 6.26. The molecular formula is C14H27N5O. The van der Waals surface area contributed by atoms with E-state index in [9.17, 15) is 4.79 Å². The molecule has 0 spiro atoms. The summed E-state index contributed by atoms with van der Waals surface area (Å²) < 4.78 is 1.86. The fourth-order valence-corrected chi connectivity index (χ4v) is 1.95. The van der Waals surface area contributed by atoms with Crippen molar-refractivity contribution in [1.82, 2.24) is 14.7 Å². The average Bonchev–Trinajstić information content (AvgIpc) is 2.87. The molecule has 6 nitrogen and oxygen atoms in total. The lowest BCUT2D eigenvalue weighted by atomic mass is 10.1. The Labute approximate surface area is 121 Å². The molecule has 0 aliphatic rings. The number of nitrogens with zero attached hydrogens (tertiary/aromatic N) is 3. The summed E-state index contributed by atoms with van der Waals surface area (Å²) in [5.74, 6) is 0.193. The lowest BCUT2D eigenvalue weighted by Crippen LogP contribution is -2.27. The third-order valence-corrected chi connectivity index (χ3v) is 3.39. The van der Waals surface area contributed by atoms with Crippen molar-refractivity contribution in [2.75, 3.05) is 31.5 Å². The summed E-state index contributed by atoms with van der Waals surface area (Å²) in [6.07, 6.45) is 4.00. The lowest BCUT2D eigenvalue weighted by Gasteiger charge is -2.17. The van der Waals surface area contributed by atoms with Crippen LogP contribution in [0.25, 0.3) is 0 Å². The van der Waals surface area contributed by atoms with Gasteiger partial charge in [-0.25, -0.2) is 0 Å². The predicted octanol–water partition coefficient (Wildman–Crippen LogP) is 1.15. The molecule has 0 bridgehead atoms. The number of hydrogen-bond acceptors (Lipinski definition) is 4. The molecular weight excluding hydrogens is 254 g/mol. The maximum Gasteiger partial charge on any atom is 0.224 e. The van der Waals surface area contributed by atoms with Crippen LogP contribution in [0.2, 0.25) is 0 Å². The molecule has 114 valence electrons. The van der Waals surface area contributed by atoms with Crippen molar-refractivity contribution in [1.29, 1.82) is 0 Å². The normalized spacial score (nSPS) is 12.7. The summed E-state index contributed by atoms with van der Waals surface area (Å²) in [6.45, 7) is 10.7. The molecule has 1 rings (SSSR count). The number of nitrogens with one attached hydrogen (secondary N) is 1. The monoisotopic (exact) mass is 281 g/mol. The van der Waals surface area contributed by atoms with Crippen molar-refractivity contribution < 1.29 is 4.79 Å². The molecule has 0 aromatic carbocycles. The zero-order valence-corrected chi connectivity index (χ0v) is 12.8. The van der Waals surface area contributed by atoms with Gasteiger partial charge in [0.25, 0.3) is 0 Å². The number of anilines is 1. The number of rotatable bonds is 9. The van der Waals surface area contributed by atoms with Crippen LogP contribution in [0.3, 0.4) is 0 Å². The topological polar surface area (TPSA) is 76.2 Å². The molecule has 3 N–H and O–H groups in total. The third-order valence-electron chi connectivity index (χ3n) is 3.39. The lowest BCUT2D eigenvalue weighted by molar-refractivity contribution is -0.116. The van der Waals surface area contributed by atoms with E-state index in [-0.39, 0.29) is 11.8 Å². The Bertz CT molecular complexity index is 400. The molecule has 1 unspecified atom stereocenters. The number of hydrogen-bond donors (Lipinski definition) is 2. The van der Waals surface area contributed by atoms with E-state index in [1.807, 2.05) is 17.8 Å². The van der Waals surface area contributed by atoms with Crippen molar-refractivity contribution in [2.24, 2.45) is 11.7 Å². The Hall–Kier alpha value is -1.40. The number of aromatic nitrogens is 2. The van der Waals surface area contributed by atoms with Gasteiger partial charge in [-0.1, -0.05) is 20.8 Å². The van der Waals surface area contributed by atoms with Crippen LogP contribution in [0.1, 0.15) is 27.2 Å². The van der Waals surface area contributed by atoms with E-state index < -0.39 is 0 Å². The van der Waals surface area contributed by atoms with E-state index in [4.69, 9.17) is 5.73 Å². The Morgan fingerprint density at radius 1 is 1.50 bits per heavy atom. The second-order valence-electron chi connectivity index (χ2n) is 5.11. The fraction of sp³-hybridized carbons (Fsp3) is 0.714. The predicted molar refractivity (Wildman–Crippen MR) is 81.5 cm³/mol. The van der Waals surface area contributed by atoms with Gasteiger partial charge in [-0.05, 0) is 25.6 Å². The number of carbonyl (C=O) groups is 1. The molecule has 0 saturated carbocycles. The van der Waals surface area contributed by atoms with E-state index >= 15 is 0 Å². The zero-order valence-electron chi connectivity index (χ0n) is 12.8. The van der Waals surface area contributed by atoms with Crippen LogP contribution >= 0.6 is 0 Å². The van der Waals surface area contributed by atoms with Gasteiger partial charge in [0, 0.05) is 19.2 Å². The minimum Gasteiger partial charge on any atom is -0.330 e. The highest BCUT2D eigenvalue weighted by Gasteiger charge is 2.09. The first-order valence-electron chi connectivity index (χ1n) is 7.33. The maximum absolute atomic E-state index is 11.7. The van der Waals surface area contributed by atoms with Crippen molar-refractivity contribution >= 4 is 11.6 Å². The van der Waals surface area contributed by atoms with Gasteiger partial charge in [-0.15, -0.1) is 0 Å². The number of nitrogens with two attached hydrogens (primary N) is 1. The Morgan fingerprint density at radius 2 is 2.20 bits per heavy atom. The molecule has 0 aliphatic carbocycles. The number of amides is 1. The van der Waals surface area contributed by atoms with Gasteiger partial charge in [-0.2, -0.15) is 5.10 Å². The van der Waals surface area contributed by atoms with Crippen LogP contribution in [0.4, 0.5) is 5.69 Å². The summed E-state index contributed by atoms with van der Waals surface area (Å²) >= 11 is 0. The SMILES string of the molecule is CCN(CC)CCn1cc(NC(=O)CC(C)CN)cn1. The quantitative estimate of drug-likeness (QED) is 0.712. The zero-order chi connectivity index (χ0) is 15.0. The van der Waals surface area contributed by atoms with Gasteiger partial charge < -0.3 is 16.0 Å². The highest BCUT2D eigenvalue weighted by atomic mass is 16.1. The smallest absolute Gasteiger partial charge is 0.224 e. The van der Waals surface area contributed by atoms with Gasteiger partial charge in [0.1, 0.15) is 0 Å². The minimum absolute atomic E-state index is 0.00811. The van der Waals surface area contributed by atoms with Crippen molar-refractivity contribution in [3.8, 4) is 0 Å². The highest BCUT2D eigenvalue weighted by Crippen LogP contribution is 2.08. The van der Waals surface area contributed by atoms with Crippen LogP contribution < -0.4 is 11.1 Å². The van der Waals surface area contributed by atoms with E-state index in [1.165, 1.54) is 0 Å². The molecule has 0 aliphatic heterocycles. The van der Waals surface area contributed by atoms with E-state index in [0.717, 1.165) is 31.9 Å². The molecule has 0 radical (unpaired) electrons. The Kier molecular flexibility index (Phi) is 7.25. The van der Waals surface area contributed by atoms with Crippen LogP contribution in [0, 0.1) is 5.92 Å². The second-order valence-corrected chi connectivity index (χ2v) is 5.11. The summed E-state index contributed by atoms with van der Waals surface area (Å²) in [5, 5.41) is 7.11. The molecule has 1 aromatic rings. The van der Waals surface area contributed by atoms with Gasteiger partial charge >= 0.3 is 0 Å². The molecule has 1 atom stereocenters. The second kappa shape index (κ2) is 8.71. The van der Waals surface area contributed by atoms with Crippen LogP contribution in [-0.4, -0.2) is 46.8 Å². The molecule has 1 aromatic heterocycles. The van der Waals surface area contributed by atoms with Crippen molar-refractivity contribution in [3.63, 3.8) is 0 Å².